The van der Waals surface area contributed by atoms with E-state index in [0.717, 1.165) is 42.6 Å². The first kappa shape index (κ1) is 26.0. The van der Waals surface area contributed by atoms with Crippen molar-refractivity contribution in [1.82, 2.24) is 14.8 Å². The van der Waals surface area contributed by atoms with Gasteiger partial charge in [-0.2, -0.15) is 0 Å². The summed E-state index contributed by atoms with van der Waals surface area (Å²) in [6.45, 7) is 6.13. The predicted molar refractivity (Wildman–Crippen MR) is 141 cm³/mol. The summed E-state index contributed by atoms with van der Waals surface area (Å²) in [7, 11) is 3.41. The Morgan fingerprint density at radius 1 is 1.23 bits per heavy atom. The molecule has 35 heavy (non-hydrogen) atoms. The number of pyridine rings is 1. The molecule has 2 amide bonds. The molecular weight excluding hydrogens is 530 g/mol. The van der Waals surface area contributed by atoms with E-state index in [9.17, 15) is 9.59 Å². The van der Waals surface area contributed by atoms with Gasteiger partial charge in [0, 0.05) is 27.2 Å². The van der Waals surface area contributed by atoms with Crippen molar-refractivity contribution < 1.29 is 14.3 Å². The number of hydrogen-bond acceptors (Lipinski definition) is 4. The minimum Gasteiger partial charge on any atom is -0.494 e. The molecule has 0 N–H and O–H groups in total. The highest BCUT2D eigenvalue weighted by Crippen LogP contribution is 2.61. The number of likely N-dealkylation sites (tertiary alicyclic amines) is 1. The van der Waals surface area contributed by atoms with Crippen molar-refractivity contribution in [3.05, 3.63) is 57.3 Å². The quantitative estimate of drug-likeness (QED) is 0.414. The maximum absolute atomic E-state index is 13.3. The van der Waals surface area contributed by atoms with Crippen molar-refractivity contribution in [2.75, 3.05) is 33.8 Å². The fourth-order valence-electron chi connectivity index (χ4n) is 5.19. The van der Waals surface area contributed by atoms with Gasteiger partial charge in [0.05, 0.1) is 28.3 Å². The highest BCUT2D eigenvalue weighted by atomic mass is 79.9. The Morgan fingerprint density at radius 3 is 2.57 bits per heavy atom. The summed E-state index contributed by atoms with van der Waals surface area (Å²) in [5.41, 5.74) is 0.958. The third-order valence-electron chi connectivity index (χ3n) is 7.61. The van der Waals surface area contributed by atoms with Gasteiger partial charge in [-0.1, -0.05) is 17.7 Å². The first-order valence-electron chi connectivity index (χ1n) is 12.1. The molecule has 1 aromatic heterocycles. The van der Waals surface area contributed by atoms with Crippen LogP contribution in [-0.4, -0.2) is 60.4 Å². The van der Waals surface area contributed by atoms with Crippen LogP contribution >= 0.6 is 27.5 Å². The molecule has 0 bridgehead atoms. The molecule has 8 heteroatoms. The SMILES string of the molecule is CN(C)C(=O)c1ccc(OCC[C@@H]2CC23CCN(C(=O)C(C)(C)c2cccc(Br)n2)CC3)cc1Cl. The number of hydrogen-bond donors (Lipinski definition) is 0. The van der Waals surface area contributed by atoms with E-state index in [4.69, 9.17) is 16.3 Å². The lowest BCUT2D eigenvalue weighted by Crippen LogP contribution is -2.48. The number of halogens is 2. The van der Waals surface area contributed by atoms with Gasteiger partial charge in [0.1, 0.15) is 10.4 Å². The number of rotatable bonds is 7. The number of benzene rings is 1. The summed E-state index contributed by atoms with van der Waals surface area (Å²) in [4.78, 5) is 33.5. The van der Waals surface area contributed by atoms with Crippen molar-refractivity contribution in [3.63, 3.8) is 0 Å². The Balaban J connectivity index is 1.25. The fraction of sp³-hybridized carbons (Fsp3) is 0.519. The number of aromatic nitrogens is 1. The standard InChI is InChI=1S/C27H33BrClN3O3/c1-26(2,22-6-5-7-23(28)30-22)25(34)32-13-11-27(12-14-32)17-18(27)10-15-35-19-8-9-20(21(29)16-19)24(33)31(3)4/h5-9,16,18H,10-15,17H2,1-4H3/t18-/m1/s1. The second kappa shape index (κ2) is 10.1. The minimum atomic E-state index is -0.654. The molecule has 1 aliphatic heterocycles. The summed E-state index contributed by atoms with van der Waals surface area (Å²) < 4.78 is 6.69. The molecule has 1 atom stereocenters. The number of nitrogens with zero attached hydrogens (tertiary/aromatic N) is 3. The molecule has 1 saturated heterocycles. The van der Waals surface area contributed by atoms with Crippen molar-refractivity contribution in [2.45, 2.75) is 44.9 Å². The van der Waals surface area contributed by atoms with Gasteiger partial charge in [-0.3, -0.25) is 9.59 Å². The van der Waals surface area contributed by atoms with Gasteiger partial charge in [0.25, 0.3) is 5.91 Å². The molecule has 0 radical (unpaired) electrons. The smallest absolute Gasteiger partial charge is 0.254 e. The third-order valence-corrected chi connectivity index (χ3v) is 8.36. The van der Waals surface area contributed by atoms with Gasteiger partial charge in [0.15, 0.2) is 0 Å². The van der Waals surface area contributed by atoms with Gasteiger partial charge < -0.3 is 14.5 Å². The van der Waals surface area contributed by atoms with E-state index in [0.29, 0.717) is 34.3 Å². The number of ether oxygens (including phenoxy) is 1. The predicted octanol–water partition coefficient (Wildman–Crippen LogP) is 5.57. The van der Waals surface area contributed by atoms with Crippen LogP contribution in [0.1, 0.15) is 55.6 Å². The fourth-order valence-corrected chi connectivity index (χ4v) is 5.78. The number of piperidine rings is 1. The van der Waals surface area contributed by atoms with Gasteiger partial charge in [-0.25, -0.2) is 4.98 Å². The molecule has 1 aliphatic carbocycles. The number of carbonyl (C=O) groups is 2. The molecule has 1 saturated carbocycles. The van der Waals surface area contributed by atoms with E-state index in [1.165, 1.54) is 11.3 Å². The average molecular weight is 563 g/mol. The van der Waals surface area contributed by atoms with Crippen LogP contribution in [0.2, 0.25) is 5.02 Å². The van der Waals surface area contributed by atoms with Gasteiger partial charge in [-0.15, -0.1) is 0 Å². The van der Waals surface area contributed by atoms with Crippen LogP contribution in [0.4, 0.5) is 0 Å². The Kier molecular flexibility index (Phi) is 7.49. The first-order valence-corrected chi connectivity index (χ1v) is 13.3. The zero-order valence-corrected chi connectivity index (χ0v) is 23.2. The lowest BCUT2D eigenvalue weighted by Gasteiger charge is -2.37. The molecule has 2 aliphatic rings. The van der Waals surface area contributed by atoms with Crippen LogP contribution in [-0.2, 0) is 10.2 Å². The molecule has 4 rings (SSSR count). The number of carbonyl (C=O) groups excluding carboxylic acids is 2. The molecule has 2 heterocycles. The van der Waals surface area contributed by atoms with Crippen LogP contribution in [0.3, 0.4) is 0 Å². The van der Waals surface area contributed by atoms with Crippen molar-refractivity contribution in [1.29, 1.82) is 0 Å². The molecular formula is C27H33BrClN3O3. The Hall–Kier alpha value is -2.12. The Bertz CT molecular complexity index is 1110. The molecule has 6 nitrogen and oxygen atoms in total. The van der Waals surface area contributed by atoms with Crippen LogP contribution in [0, 0.1) is 11.3 Å². The van der Waals surface area contributed by atoms with E-state index >= 15 is 0 Å². The molecule has 1 spiro atoms. The van der Waals surface area contributed by atoms with E-state index < -0.39 is 5.41 Å². The minimum absolute atomic E-state index is 0.123. The largest absolute Gasteiger partial charge is 0.494 e. The molecule has 0 unspecified atom stereocenters. The van der Waals surface area contributed by atoms with Gasteiger partial charge in [-0.05, 0) is 97.1 Å². The number of amides is 2. The summed E-state index contributed by atoms with van der Waals surface area (Å²) in [6.07, 6.45) is 4.26. The maximum atomic E-state index is 13.3. The molecule has 2 aromatic rings. The van der Waals surface area contributed by atoms with Crippen LogP contribution in [0.15, 0.2) is 41.0 Å². The van der Waals surface area contributed by atoms with E-state index in [1.54, 1.807) is 32.3 Å². The summed E-state index contributed by atoms with van der Waals surface area (Å²) in [6, 6.07) is 11.0. The highest BCUT2D eigenvalue weighted by molar-refractivity contribution is 9.10. The zero-order chi connectivity index (χ0) is 25.4. The van der Waals surface area contributed by atoms with Gasteiger partial charge in [0.2, 0.25) is 5.91 Å². The topological polar surface area (TPSA) is 62.7 Å². The summed E-state index contributed by atoms with van der Waals surface area (Å²) in [5, 5.41) is 0.405. The monoisotopic (exact) mass is 561 g/mol. The summed E-state index contributed by atoms with van der Waals surface area (Å²) in [5.74, 6) is 1.34. The maximum Gasteiger partial charge on any atom is 0.254 e. The van der Waals surface area contributed by atoms with E-state index in [1.807, 2.05) is 36.9 Å². The molecule has 1 aromatic carbocycles. The van der Waals surface area contributed by atoms with Crippen molar-refractivity contribution in [3.8, 4) is 5.75 Å². The Morgan fingerprint density at radius 2 is 1.94 bits per heavy atom. The van der Waals surface area contributed by atoms with Crippen molar-refractivity contribution in [2.24, 2.45) is 11.3 Å². The van der Waals surface area contributed by atoms with Crippen molar-refractivity contribution >= 4 is 39.3 Å². The first-order chi connectivity index (χ1) is 16.5. The van der Waals surface area contributed by atoms with Gasteiger partial charge >= 0.3 is 0 Å². The normalized spacial score (nSPS) is 18.9. The lowest BCUT2D eigenvalue weighted by molar-refractivity contribution is -0.138. The van der Waals surface area contributed by atoms with Crippen LogP contribution in [0.25, 0.3) is 0 Å². The molecule has 188 valence electrons. The van der Waals surface area contributed by atoms with Crippen LogP contribution < -0.4 is 4.74 Å². The average Bonchev–Trinajstić information content (AvgIpc) is 3.49. The zero-order valence-electron chi connectivity index (χ0n) is 20.8. The third kappa shape index (κ3) is 5.51. The Labute approximate surface area is 221 Å². The van der Waals surface area contributed by atoms with E-state index in [-0.39, 0.29) is 11.8 Å². The molecule has 2 fully saturated rings. The van der Waals surface area contributed by atoms with Crippen LogP contribution in [0.5, 0.6) is 5.75 Å². The second-order valence-corrected chi connectivity index (χ2v) is 11.7. The summed E-state index contributed by atoms with van der Waals surface area (Å²) >= 11 is 9.71. The highest BCUT2D eigenvalue weighted by Gasteiger charge is 2.55. The second-order valence-electron chi connectivity index (χ2n) is 10.5. The van der Waals surface area contributed by atoms with E-state index in [2.05, 4.69) is 20.9 Å². The lowest BCUT2D eigenvalue weighted by atomic mass is 9.84.